The van der Waals surface area contributed by atoms with E-state index in [2.05, 4.69) is 29.6 Å². The van der Waals surface area contributed by atoms with Crippen molar-refractivity contribution in [1.29, 1.82) is 0 Å². The van der Waals surface area contributed by atoms with Gasteiger partial charge >= 0.3 is 0 Å². The van der Waals surface area contributed by atoms with E-state index in [1.54, 1.807) is 11.8 Å². The van der Waals surface area contributed by atoms with Crippen LogP contribution in [0.15, 0.2) is 30.3 Å². The summed E-state index contributed by atoms with van der Waals surface area (Å²) in [6.45, 7) is 2.95. The predicted molar refractivity (Wildman–Crippen MR) is 95.8 cm³/mol. The number of carbonyl (C=O) groups excluding carboxylic acids is 2. The van der Waals surface area contributed by atoms with E-state index in [1.165, 1.54) is 5.56 Å². The number of nitrogens with one attached hydrogen (secondary N) is 1. The summed E-state index contributed by atoms with van der Waals surface area (Å²) in [6, 6.07) is 9.62. The molecule has 1 aliphatic heterocycles. The zero-order valence-corrected chi connectivity index (χ0v) is 14.9. The summed E-state index contributed by atoms with van der Waals surface area (Å²) < 4.78 is 0. The number of carbonyl (C=O) groups is 2. The molecule has 5 heteroatoms. The van der Waals surface area contributed by atoms with Crippen molar-refractivity contribution < 1.29 is 14.7 Å². The Hall–Kier alpha value is -1.88. The van der Waals surface area contributed by atoms with Crippen molar-refractivity contribution >= 4 is 11.8 Å². The Morgan fingerprint density at radius 2 is 1.80 bits per heavy atom. The van der Waals surface area contributed by atoms with Gasteiger partial charge in [0, 0.05) is 19.0 Å². The van der Waals surface area contributed by atoms with E-state index in [4.69, 9.17) is 0 Å². The quantitative estimate of drug-likeness (QED) is 0.826. The smallest absolute Gasteiger partial charge is 0.247 e. The van der Waals surface area contributed by atoms with Gasteiger partial charge in [0.15, 0.2) is 0 Å². The molecule has 2 fully saturated rings. The Morgan fingerprint density at radius 3 is 2.36 bits per heavy atom. The number of likely N-dealkylation sites (tertiary alicyclic amines) is 1. The molecule has 2 unspecified atom stereocenters. The molecule has 2 aliphatic rings. The lowest BCUT2D eigenvalue weighted by molar-refractivity contribution is -0.140. The third-order valence-corrected chi connectivity index (χ3v) is 5.29. The van der Waals surface area contributed by atoms with Crippen molar-refractivity contribution in [2.75, 3.05) is 13.1 Å². The monoisotopic (exact) mass is 344 g/mol. The number of benzene rings is 1. The van der Waals surface area contributed by atoms with Crippen molar-refractivity contribution in [3.05, 3.63) is 35.9 Å². The molecule has 5 nitrogen and oxygen atoms in total. The van der Waals surface area contributed by atoms with Crippen molar-refractivity contribution in [3.63, 3.8) is 0 Å². The van der Waals surface area contributed by atoms with Crippen LogP contribution >= 0.6 is 0 Å². The fourth-order valence-electron chi connectivity index (χ4n) is 3.51. The average Bonchev–Trinajstić information content (AvgIpc) is 3.45. The molecule has 2 N–H and O–H groups in total. The highest BCUT2D eigenvalue weighted by Gasteiger charge is 2.36. The second kappa shape index (κ2) is 8.00. The van der Waals surface area contributed by atoms with Crippen LogP contribution in [0.25, 0.3) is 0 Å². The van der Waals surface area contributed by atoms with Crippen molar-refractivity contribution in [3.8, 4) is 0 Å². The van der Waals surface area contributed by atoms with Crippen LogP contribution in [0.3, 0.4) is 0 Å². The van der Waals surface area contributed by atoms with E-state index < -0.39 is 12.1 Å². The number of nitrogens with zero attached hydrogens (tertiary/aromatic N) is 1. The van der Waals surface area contributed by atoms with Gasteiger partial charge in [-0.2, -0.15) is 0 Å². The van der Waals surface area contributed by atoms with Crippen LogP contribution in [0.2, 0.25) is 0 Å². The Morgan fingerprint density at radius 1 is 1.16 bits per heavy atom. The molecule has 0 radical (unpaired) electrons. The molecule has 2 atom stereocenters. The number of hydrogen-bond donors (Lipinski definition) is 2. The molecule has 1 aromatic rings. The van der Waals surface area contributed by atoms with Gasteiger partial charge in [-0.1, -0.05) is 30.3 Å². The van der Waals surface area contributed by atoms with Gasteiger partial charge in [-0.25, -0.2) is 0 Å². The van der Waals surface area contributed by atoms with Crippen molar-refractivity contribution in [1.82, 2.24) is 10.2 Å². The first-order valence-corrected chi connectivity index (χ1v) is 9.35. The number of hydrogen-bond acceptors (Lipinski definition) is 3. The van der Waals surface area contributed by atoms with E-state index in [0.717, 1.165) is 32.1 Å². The van der Waals surface area contributed by atoms with Crippen LogP contribution in [-0.4, -0.2) is 47.1 Å². The minimum absolute atomic E-state index is 0.0330. The molecule has 1 saturated heterocycles. The van der Waals surface area contributed by atoms with Crippen LogP contribution in [0.1, 0.15) is 38.2 Å². The second-order valence-corrected chi connectivity index (χ2v) is 7.46. The maximum absolute atomic E-state index is 12.7. The standard InChI is InChI=1S/C20H28N2O3/c1-14(23)18(21-19(24)17-7-8-17)20(25)22-11-9-16(10-12-22)13-15-5-3-2-4-6-15/h2-6,14,16-18,23H,7-13H2,1H3,(H,21,24). The Kier molecular flexibility index (Phi) is 5.74. The molecule has 1 heterocycles. The highest BCUT2D eigenvalue weighted by Crippen LogP contribution is 2.29. The van der Waals surface area contributed by atoms with Gasteiger partial charge in [-0.15, -0.1) is 0 Å². The molecule has 2 amide bonds. The van der Waals surface area contributed by atoms with Gasteiger partial charge in [-0.3, -0.25) is 9.59 Å². The van der Waals surface area contributed by atoms with Crippen LogP contribution in [0.5, 0.6) is 0 Å². The van der Waals surface area contributed by atoms with Crippen LogP contribution in [0, 0.1) is 11.8 Å². The van der Waals surface area contributed by atoms with Gasteiger partial charge in [0.2, 0.25) is 11.8 Å². The number of piperidine rings is 1. The van der Waals surface area contributed by atoms with Gasteiger partial charge in [0.1, 0.15) is 6.04 Å². The SMILES string of the molecule is CC(O)C(NC(=O)C1CC1)C(=O)N1CCC(Cc2ccccc2)CC1. The third kappa shape index (κ3) is 4.82. The summed E-state index contributed by atoms with van der Waals surface area (Å²) in [7, 11) is 0. The first-order valence-electron chi connectivity index (χ1n) is 9.35. The van der Waals surface area contributed by atoms with Crippen LogP contribution < -0.4 is 5.32 Å². The maximum atomic E-state index is 12.7. The Balaban J connectivity index is 1.51. The van der Waals surface area contributed by atoms with E-state index in [9.17, 15) is 14.7 Å². The summed E-state index contributed by atoms with van der Waals surface area (Å²) in [4.78, 5) is 26.5. The topological polar surface area (TPSA) is 69.6 Å². The molecular weight excluding hydrogens is 316 g/mol. The molecular formula is C20H28N2O3. The lowest BCUT2D eigenvalue weighted by atomic mass is 9.90. The van der Waals surface area contributed by atoms with Crippen LogP contribution in [0.4, 0.5) is 0 Å². The fourth-order valence-corrected chi connectivity index (χ4v) is 3.51. The molecule has 1 aliphatic carbocycles. The molecule has 0 bridgehead atoms. The molecule has 0 aromatic heterocycles. The zero-order chi connectivity index (χ0) is 17.8. The first-order chi connectivity index (χ1) is 12.0. The largest absolute Gasteiger partial charge is 0.391 e. The number of aliphatic hydroxyl groups excluding tert-OH is 1. The number of aliphatic hydroxyl groups is 1. The summed E-state index contributed by atoms with van der Waals surface area (Å²) in [5.41, 5.74) is 1.34. The second-order valence-electron chi connectivity index (χ2n) is 7.46. The fraction of sp³-hybridized carbons (Fsp3) is 0.600. The highest BCUT2D eigenvalue weighted by atomic mass is 16.3. The number of amides is 2. The predicted octanol–water partition coefficient (Wildman–Crippen LogP) is 1.74. The summed E-state index contributed by atoms with van der Waals surface area (Å²) >= 11 is 0. The van der Waals surface area contributed by atoms with Gasteiger partial charge in [0.25, 0.3) is 0 Å². The van der Waals surface area contributed by atoms with Gasteiger partial charge < -0.3 is 15.3 Å². The molecule has 3 rings (SSSR count). The zero-order valence-electron chi connectivity index (χ0n) is 14.9. The van der Waals surface area contributed by atoms with Crippen molar-refractivity contribution in [2.45, 2.75) is 51.2 Å². The van der Waals surface area contributed by atoms with Crippen molar-refractivity contribution in [2.24, 2.45) is 11.8 Å². The van der Waals surface area contributed by atoms with E-state index >= 15 is 0 Å². The lowest BCUT2D eigenvalue weighted by Crippen LogP contribution is -2.55. The van der Waals surface area contributed by atoms with E-state index in [1.807, 2.05) is 6.07 Å². The average molecular weight is 344 g/mol. The summed E-state index contributed by atoms with van der Waals surface area (Å²) in [6.07, 6.45) is 3.86. The van der Waals surface area contributed by atoms with E-state index in [0.29, 0.717) is 19.0 Å². The Labute approximate surface area is 149 Å². The Bertz CT molecular complexity index is 590. The van der Waals surface area contributed by atoms with E-state index in [-0.39, 0.29) is 17.7 Å². The van der Waals surface area contributed by atoms with Crippen LogP contribution in [-0.2, 0) is 16.0 Å². The third-order valence-electron chi connectivity index (χ3n) is 5.29. The summed E-state index contributed by atoms with van der Waals surface area (Å²) in [5.74, 6) is 0.364. The summed E-state index contributed by atoms with van der Waals surface area (Å²) in [5, 5.41) is 12.7. The van der Waals surface area contributed by atoms with Gasteiger partial charge in [-0.05, 0) is 50.5 Å². The molecule has 136 valence electrons. The number of rotatable bonds is 6. The molecule has 0 spiro atoms. The molecule has 1 saturated carbocycles. The highest BCUT2D eigenvalue weighted by molar-refractivity contribution is 5.89. The molecule has 25 heavy (non-hydrogen) atoms. The minimum Gasteiger partial charge on any atom is -0.391 e. The minimum atomic E-state index is -0.878. The first kappa shape index (κ1) is 17.9. The lowest BCUT2D eigenvalue weighted by Gasteiger charge is -2.35. The normalized spacial score (nSPS) is 20.8. The van der Waals surface area contributed by atoms with Gasteiger partial charge in [0.05, 0.1) is 6.10 Å². The maximum Gasteiger partial charge on any atom is 0.247 e. The molecule has 1 aromatic carbocycles.